The third kappa shape index (κ3) is 5.35. The third-order valence-electron chi connectivity index (χ3n) is 8.41. The van der Waals surface area contributed by atoms with Crippen LogP contribution >= 0.6 is 8.25 Å². The summed E-state index contributed by atoms with van der Waals surface area (Å²) < 4.78 is 63.2. The maximum atomic E-state index is 14.4. The fourth-order valence-electron chi connectivity index (χ4n) is 6.27. The quantitative estimate of drug-likeness (QED) is 0.188. The highest BCUT2D eigenvalue weighted by Crippen LogP contribution is 2.61. The number of methoxy groups -OCH3 is 4. The number of benzene rings is 4. The summed E-state index contributed by atoms with van der Waals surface area (Å²) in [5.74, 6) is 1.54. The molecule has 0 radical (unpaired) electrons. The molecule has 45 heavy (non-hydrogen) atoms. The number of hydrogen-bond donors (Lipinski definition) is 0. The molecular weight excluding hydrogens is 595 g/mol. The predicted octanol–water partition coefficient (Wildman–Crippen LogP) is 7.13. The summed E-state index contributed by atoms with van der Waals surface area (Å²) in [6.07, 6.45) is -1.75. The van der Waals surface area contributed by atoms with E-state index in [9.17, 15) is 4.57 Å². The topological polar surface area (TPSA) is 90.9 Å². The molecule has 0 aliphatic carbocycles. The van der Waals surface area contributed by atoms with Gasteiger partial charge < -0.3 is 28.4 Å². The van der Waals surface area contributed by atoms with Gasteiger partial charge >= 0.3 is 8.25 Å². The number of hydrogen-bond acceptors (Lipinski definition) is 9. The molecule has 2 fully saturated rings. The average molecular weight is 632 g/mol. The second-order valence-corrected chi connectivity index (χ2v) is 12.1. The second-order valence-electron chi connectivity index (χ2n) is 11.3. The zero-order valence-electron chi connectivity index (χ0n) is 26.0. The fraction of sp³-hybridized carbons (Fsp3) is 0.314. The Hall–Kier alpha value is -3.98. The van der Waals surface area contributed by atoms with E-state index >= 15 is 0 Å². The molecule has 0 bridgehead atoms. The molecule has 0 amide bonds. The van der Waals surface area contributed by atoms with Gasteiger partial charge in [0.25, 0.3) is 0 Å². The van der Waals surface area contributed by atoms with Gasteiger partial charge in [0.15, 0.2) is 5.79 Å². The van der Waals surface area contributed by atoms with Crippen molar-refractivity contribution in [2.24, 2.45) is 0 Å². The van der Waals surface area contributed by atoms with E-state index in [1.807, 2.05) is 111 Å². The van der Waals surface area contributed by atoms with E-state index in [0.29, 0.717) is 45.3 Å². The van der Waals surface area contributed by atoms with E-state index in [2.05, 4.69) is 0 Å². The molecule has 2 atom stereocenters. The maximum absolute atomic E-state index is 14.4. The van der Waals surface area contributed by atoms with Crippen LogP contribution in [0.25, 0.3) is 0 Å². The van der Waals surface area contributed by atoms with Crippen LogP contribution in [0.2, 0.25) is 0 Å². The van der Waals surface area contributed by atoms with Crippen LogP contribution < -0.4 is 18.9 Å². The Morgan fingerprint density at radius 3 is 0.956 bits per heavy atom. The van der Waals surface area contributed by atoms with Crippen LogP contribution in [-0.2, 0) is 34.3 Å². The van der Waals surface area contributed by atoms with Crippen molar-refractivity contribution < 1.29 is 42.0 Å². The highest BCUT2D eigenvalue weighted by atomic mass is 31.1. The fourth-order valence-corrected chi connectivity index (χ4v) is 7.41. The molecule has 2 aliphatic heterocycles. The third-order valence-corrected chi connectivity index (χ3v) is 9.28. The molecule has 10 heteroatoms. The zero-order valence-corrected chi connectivity index (χ0v) is 26.9. The first-order valence-corrected chi connectivity index (χ1v) is 15.6. The van der Waals surface area contributed by atoms with Gasteiger partial charge in [-0.2, -0.15) is 0 Å². The van der Waals surface area contributed by atoms with Crippen LogP contribution in [0.4, 0.5) is 0 Å². The van der Waals surface area contributed by atoms with Gasteiger partial charge in [0.05, 0.1) is 28.4 Å². The van der Waals surface area contributed by atoms with E-state index in [1.54, 1.807) is 28.4 Å². The molecule has 2 heterocycles. The van der Waals surface area contributed by atoms with Crippen molar-refractivity contribution in [3.63, 3.8) is 0 Å². The van der Waals surface area contributed by atoms with Crippen LogP contribution in [0.5, 0.6) is 23.0 Å². The standard InChI is InChI=1S/C35H36O9P/c1-33(2)41-31-32(42-33)35(25-11-19-29(39-5)20-12-25,26-13-21-30(40-6)22-14-26)44-45(36)43-34(31,23-7-15-27(37-3)16-8-23)24-9-17-28(38-4)18-10-24/h7-22,31-32H,1-6H3/q+1/t31-,32-/m1/s1. The highest BCUT2D eigenvalue weighted by molar-refractivity contribution is 7.33. The molecule has 0 N–H and O–H groups in total. The molecule has 234 valence electrons. The van der Waals surface area contributed by atoms with Crippen molar-refractivity contribution in [2.45, 2.75) is 43.0 Å². The van der Waals surface area contributed by atoms with E-state index in [-0.39, 0.29) is 0 Å². The first-order valence-electron chi connectivity index (χ1n) is 14.5. The minimum Gasteiger partial charge on any atom is -0.497 e. The van der Waals surface area contributed by atoms with Crippen LogP contribution in [0.3, 0.4) is 0 Å². The van der Waals surface area contributed by atoms with Gasteiger partial charge in [0, 0.05) is 4.57 Å². The van der Waals surface area contributed by atoms with Crippen molar-refractivity contribution >= 4 is 8.25 Å². The lowest BCUT2D eigenvalue weighted by molar-refractivity contribution is -0.174. The molecule has 0 aromatic heterocycles. The number of rotatable bonds is 8. The van der Waals surface area contributed by atoms with Gasteiger partial charge in [0.2, 0.25) is 11.2 Å². The highest BCUT2D eigenvalue weighted by Gasteiger charge is 2.71. The smallest absolute Gasteiger partial charge is 0.497 e. The summed E-state index contributed by atoms with van der Waals surface area (Å²) in [5, 5.41) is 0. The van der Waals surface area contributed by atoms with Gasteiger partial charge in [-0.15, -0.1) is 0 Å². The lowest BCUT2D eigenvalue weighted by Crippen LogP contribution is -2.53. The van der Waals surface area contributed by atoms with Crippen LogP contribution in [0, 0.1) is 0 Å². The largest absolute Gasteiger partial charge is 0.700 e. The van der Waals surface area contributed by atoms with Crippen molar-refractivity contribution in [3.05, 3.63) is 119 Å². The van der Waals surface area contributed by atoms with Crippen LogP contribution in [-0.4, -0.2) is 46.4 Å². The molecule has 2 aliphatic rings. The normalized spacial score (nSPS) is 21.3. The van der Waals surface area contributed by atoms with E-state index in [0.717, 1.165) is 0 Å². The van der Waals surface area contributed by atoms with Gasteiger partial charge in [-0.3, -0.25) is 0 Å². The van der Waals surface area contributed by atoms with Crippen LogP contribution in [0.1, 0.15) is 36.1 Å². The predicted molar refractivity (Wildman–Crippen MR) is 167 cm³/mol. The van der Waals surface area contributed by atoms with E-state index in [1.165, 1.54) is 0 Å². The Bertz CT molecular complexity index is 1420. The Balaban J connectivity index is 1.66. The van der Waals surface area contributed by atoms with Crippen molar-refractivity contribution in [1.82, 2.24) is 0 Å². The Labute approximate surface area is 263 Å². The monoisotopic (exact) mass is 631 g/mol. The minimum absolute atomic E-state index is 0.657. The number of ether oxygens (including phenoxy) is 6. The summed E-state index contributed by atoms with van der Waals surface area (Å²) in [5.41, 5.74) is -0.195. The summed E-state index contributed by atoms with van der Waals surface area (Å²) in [7, 11) is 3.59. The molecule has 2 saturated heterocycles. The summed E-state index contributed by atoms with van der Waals surface area (Å²) >= 11 is 0. The first kappa shape index (κ1) is 31.0. The Morgan fingerprint density at radius 1 is 0.489 bits per heavy atom. The summed E-state index contributed by atoms with van der Waals surface area (Å²) in [4.78, 5) is 0. The summed E-state index contributed by atoms with van der Waals surface area (Å²) in [6.45, 7) is 3.70. The molecule has 0 saturated carbocycles. The Kier molecular flexibility index (Phi) is 8.33. The minimum atomic E-state index is -2.82. The molecule has 9 nitrogen and oxygen atoms in total. The molecule has 0 unspecified atom stereocenters. The van der Waals surface area contributed by atoms with Gasteiger partial charge in [0.1, 0.15) is 35.2 Å². The lowest BCUT2D eigenvalue weighted by Gasteiger charge is -2.38. The maximum Gasteiger partial charge on any atom is 0.700 e. The molecule has 0 spiro atoms. The first-order chi connectivity index (χ1) is 21.7. The van der Waals surface area contributed by atoms with Crippen molar-refractivity contribution in [2.75, 3.05) is 28.4 Å². The average Bonchev–Trinajstić information content (AvgIpc) is 3.37. The summed E-state index contributed by atoms with van der Waals surface area (Å²) in [6, 6.07) is 29.7. The SMILES string of the molecule is COc1ccc(C2(c3ccc(OC)cc3)O[P+](=O)OC(c3ccc(OC)cc3)(c3ccc(OC)cc3)[C@@H]3OC(C)(C)O[C@H]32)cc1. The number of fused-ring (bicyclic) bond motifs is 1. The van der Waals surface area contributed by atoms with E-state index < -0.39 is 37.5 Å². The molecular formula is C35H36O9P+. The lowest BCUT2D eigenvalue weighted by atomic mass is 9.72. The van der Waals surface area contributed by atoms with Crippen molar-refractivity contribution in [1.29, 1.82) is 0 Å². The van der Waals surface area contributed by atoms with Crippen LogP contribution in [0.15, 0.2) is 97.1 Å². The molecule has 4 aromatic carbocycles. The zero-order chi connectivity index (χ0) is 31.8. The molecule has 6 rings (SSSR count). The van der Waals surface area contributed by atoms with E-state index in [4.69, 9.17) is 37.5 Å². The van der Waals surface area contributed by atoms with Crippen molar-refractivity contribution in [3.8, 4) is 23.0 Å². The molecule has 4 aromatic rings. The van der Waals surface area contributed by atoms with Gasteiger partial charge in [-0.25, -0.2) is 0 Å². The van der Waals surface area contributed by atoms with Gasteiger partial charge in [-0.05, 0) is 84.6 Å². The Morgan fingerprint density at radius 2 is 0.733 bits per heavy atom. The van der Waals surface area contributed by atoms with Gasteiger partial charge in [-0.1, -0.05) is 57.6 Å². The second kappa shape index (κ2) is 12.1.